The zero-order valence-electron chi connectivity index (χ0n) is 10.4. The lowest BCUT2D eigenvalue weighted by Gasteiger charge is -2.15. The number of hydrogen-bond acceptors (Lipinski definition) is 5. The molecule has 1 heterocycles. The summed E-state index contributed by atoms with van der Waals surface area (Å²) in [7, 11) is 1.71. The Morgan fingerprint density at radius 2 is 2.33 bits per heavy atom. The van der Waals surface area contributed by atoms with Crippen LogP contribution in [0, 0.1) is 15.5 Å². The van der Waals surface area contributed by atoms with Gasteiger partial charge >= 0.3 is 5.82 Å². The van der Waals surface area contributed by atoms with Gasteiger partial charge in [0, 0.05) is 26.3 Å². The third-order valence-corrected chi connectivity index (χ3v) is 3.40. The summed E-state index contributed by atoms with van der Waals surface area (Å²) in [4.78, 5) is 13.7. The summed E-state index contributed by atoms with van der Waals surface area (Å²) in [5.41, 5.74) is 1.17. The third-order valence-electron chi connectivity index (χ3n) is 3.40. The van der Waals surface area contributed by atoms with Crippen LogP contribution in [0.4, 0.5) is 11.5 Å². The van der Waals surface area contributed by atoms with Crippen molar-refractivity contribution in [2.75, 3.05) is 25.6 Å². The number of ether oxygens (including phenoxy) is 1. The largest absolute Gasteiger partial charge is 0.385 e. The first-order valence-electron chi connectivity index (χ1n) is 5.98. The standard InChI is InChI=1S/C12H17N3O3/c1-18-7-6-12(4-5-12)9-14-10-2-3-11(13-8-10)15(16)17/h2-3,8,14H,4-7,9H2,1H3. The number of anilines is 1. The second-order valence-corrected chi connectivity index (χ2v) is 4.76. The number of rotatable bonds is 7. The topological polar surface area (TPSA) is 77.3 Å². The molecule has 0 bridgehead atoms. The summed E-state index contributed by atoms with van der Waals surface area (Å²) in [6, 6.07) is 3.11. The predicted molar refractivity (Wildman–Crippen MR) is 67.5 cm³/mol. The van der Waals surface area contributed by atoms with Crippen molar-refractivity contribution < 1.29 is 9.66 Å². The van der Waals surface area contributed by atoms with Gasteiger partial charge in [-0.25, -0.2) is 0 Å². The molecule has 6 nitrogen and oxygen atoms in total. The number of aromatic nitrogens is 1. The van der Waals surface area contributed by atoms with E-state index >= 15 is 0 Å². The maximum atomic E-state index is 10.5. The molecule has 1 aliphatic carbocycles. The van der Waals surface area contributed by atoms with Gasteiger partial charge in [0.2, 0.25) is 0 Å². The normalized spacial score (nSPS) is 16.3. The zero-order chi connectivity index (χ0) is 13.0. The molecule has 0 saturated heterocycles. The minimum absolute atomic E-state index is 0.124. The van der Waals surface area contributed by atoms with E-state index in [1.54, 1.807) is 13.2 Å². The van der Waals surface area contributed by atoms with Crippen molar-refractivity contribution in [2.45, 2.75) is 19.3 Å². The molecule has 1 saturated carbocycles. The van der Waals surface area contributed by atoms with Gasteiger partial charge in [0.1, 0.15) is 0 Å². The Labute approximate surface area is 106 Å². The molecule has 0 amide bonds. The fraction of sp³-hybridized carbons (Fsp3) is 0.583. The number of nitro groups is 1. The molecule has 1 aliphatic rings. The zero-order valence-corrected chi connectivity index (χ0v) is 10.4. The van der Waals surface area contributed by atoms with Gasteiger partial charge in [-0.3, -0.25) is 0 Å². The second kappa shape index (κ2) is 5.30. The SMILES string of the molecule is COCCC1(CNc2ccc([N+](=O)[O-])nc2)CC1. The highest BCUT2D eigenvalue weighted by molar-refractivity contribution is 5.43. The first-order chi connectivity index (χ1) is 8.65. The van der Waals surface area contributed by atoms with Crippen LogP contribution in [0.15, 0.2) is 18.3 Å². The van der Waals surface area contributed by atoms with Gasteiger partial charge in [0.15, 0.2) is 6.20 Å². The van der Waals surface area contributed by atoms with Crippen molar-refractivity contribution >= 4 is 11.5 Å². The molecule has 1 N–H and O–H groups in total. The molecular weight excluding hydrogens is 234 g/mol. The van der Waals surface area contributed by atoms with Gasteiger partial charge in [0.05, 0.1) is 5.69 Å². The summed E-state index contributed by atoms with van der Waals surface area (Å²) in [6.45, 7) is 1.65. The molecule has 6 heteroatoms. The minimum atomic E-state index is -0.495. The molecule has 0 unspecified atom stereocenters. The lowest BCUT2D eigenvalue weighted by molar-refractivity contribution is -0.389. The Morgan fingerprint density at radius 1 is 1.56 bits per heavy atom. The van der Waals surface area contributed by atoms with Crippen LogP contribution in [-0.4, -0.2) is 30.2 Å². The highest BCUT2D eigenvalue weighted by atomic mass is 16.6. The van der Waals surface area contributed by atoms with E-state index < -0.39 is 4.92 Å². The van der Waals surface area contributed by atoms with Gasteiger partial charge < -0.3 is 20.2 Å². The summed E-state index contributed by atoms with van der Waals surface area (Å²) in [5, 5.41) is 13.7. The van der Waals surface area contributed by atoms with E-state index in [0.29, 0.717) is 5.41 Å². The highest BCUT2D eigenvalue weighted by Crippen LogP contribution is 2.48. The van der Waals surface area contributed by atoms with Crippen molar-refractivity contribution in [3.8, 4) is 0 Å². The van der Waals surface area contributed by atoms with E-state index in [-0.39, 0.29) is 5.82 Å². The summed E-state index contributed by atoms with van der Waals surface area (Å²) in [5.74, 6) is -0.124. The van der Waals surface area contributed by atoms with Gasteiger partial charge in [-0.1, -0.05) is 0 Å². The van der Waals surface area contributed by atoms with Crippen LogP contribution < -0.4 is 5.32 Å². The van der Waals surface area contributed by atoms with Gasteiger partial charge in [-0.2, -0.15) is 0 Å². The number of pyridine rings is 1. The number of methoxy groups -OCH3 is 1. The van der Waals surface area contributed by atoms with Crippen molar-refractivity contribution in [1.29, 1.82) is 0 Å². The van der Waals surface area contributed by atoms with Gasteiger partial charge in [0.25, 0.3) is 0 Å². The molecule has 0 aliphatic heterocycles. The Morgan fingerprint density at radius 3 is 2.83 bits per heavy atom. The molecule has 0 atom stereocenters. The Kier molecular flexibility index (Phi) is 3.76. The Bertz CT molecular complexity index is 415. The van der Waals surface area contributed by atoms with E-state index in [2.05, 4.69) is 10.3 Å². The van der Waals surface area contributed by atoms with Crippen LogP contribution in [0.5, 0.6) is 0 Å². The smallest absolute Gasteiger partial charge is 0.363 e. The highest BCUT2D eigenvalue weighted by Gasteiger charge is 2.41. The maximum absolute atomic E-state index is 10.5. The molecular formula is C12H17N3O3. The fourth-order valence-corrected chi connectivity index (χ4v) is 1.90. The summed E-state index contributed by atoms with van der Waals surface area (Å²) < 4.78 is 5.10. The van der Waals surface area contributed by atoms with Gasteiger partial charge in [-0.15, -0.1) is 0 Å². The predicted octanol–water partition coefficient (Wildman–Crippen LogP) is 2.22. The number of hydrogen-bond donors (Lipinski definition) is 1. The number of nitrogens with one attached hydrogen (secondary N) is 1. The molecule has 0 spiro atoms. The van der Waals surface area contributed by atoms with E-state index in [9.17, 15) is 10.1 Å². The molecule has 18 heavy (non-hydrogen) atoms. The number of nitrogens with zero attached hydrogens (tertiary/aromatic N) is 2. The van der Waals surface area contributed by atoms with Crippen LogP contribution >= 0.6 is 0 Å². The van der Waals surface area contributed by atoms with E-state index in [4.69, 9.17) is 4.74 Å². The molecule has 1 aromatic heterocycles. The quantitative estimate of drug-likeness (QED) is 0.594. The van der Waals surface area contributed by atoms with Crippen LogP contribution in [0.1, 0.15) is 19.3 Å². The molecule has 98 valence electrons. The van der Waals surface area contributed by atoms with Crippen molar-refractivity contribution in [1.82, 2.24) is 4.98 Å². The van der Waals surface area contributed by atoms with Gasteiger partial charge in [-0.05, 0) is 40.7 Å². The van der Waals surface area contributed by atoms with Crippen LogP contribution in [0.2, 0.25) is 0 Å². The fourth-order valence-electron chi connectivity index (χ4n) is 1.90. The molecule has 1 fully saturated rings. The molecule has 2 rings (SSSR count). The van der Waals surface area contributed by atoms with Crippen LogP contribution in [0.25, 0.3) is 0 Å². The summed E-state index contributed by atoms with van der Waals surface area (Å²) >= 11 is 0. The minimum Gasteiger partial charge on any atom is -0.385 e. The van der Waals surface area contributed by atoms with E-state index in [1.807, 2.05) is 0 Å². The lowest BCUT2D eigenvalue weighted by atomic mass is 10.0. The lowest BCUT2D eigenvalue weighted by Crippen LogP contribution is -2.17. The van der Waals surface area contributed by atoms with Crippen molar-refractivity contribution in [2.24, 2.45) is 5.41 Å². The van der Waals surface area contributed by atoms with Crippen molar-refractivity contribution in [3.63, 3.8) is 0 Å². The Hall–Kier alpha value is -1.69. The monoisotopic (exact) mass is 251 g/mol. The van der Waals surface area contributed by atoms with E-state index in [1.165, 1.54) is 25.1 Å². The third kappa shape index (κ3) is 3.16. The van der Waals surface area contributed by atoms with E-state index in [0.717, 1.165) is 25.3 Å². The average molecular weight is 251 g/mol. The van der Waals surface area contributed by atoms with Crippen LogP contribution in [0.3, 0.4) is 0 Å². The first-order valence-corrected chi connectivity index (χ1v) is 5.98. The summed E-state index contributed by atoms with van der Waals surface area (Å²) in [6.07, 6.45) is 4.98. The Balaban J connectivity index is 1.85. The molecule has 0 radical (unpaired) electrons. The first kappa shape index (κ1) is 12.8. The van der Waals surface area contributed by atoms with Crippen molar-refractivity contribution in [3.05, 3.63) is 28.4 Å². The molecule has 0 aromatic carbocycles. The van der Waals surface area contributed by atoms with Crippen LogP contribution in [-0.2, 0) is 4.74 Å². The molecule has 1 aromatic rings. The second-order valence-electron chi connectivity index (χ2n) is 4.76. The average Bonchev–Trinajstić information content (AvgIpc) is 3.15. The maximum Gasteiger partial charge on any atom is 0.363 e.